The van der Waals surface area contributed by atoms with Gasteiger partial charge in [-0.3, -0.25) is 4.79 Å². The average molecular weight is 345 g/mol. The second kappa shape index (κ2) is 7.96. The molecule has 3 rings (SSSR count). The summed E-state index contributed by atoms with van der Waals surface area (Å²) in [5.41, 5.74) is 1.65. The molecule has 25 heavy (non-hydrogen) atoms. The van der Waals surface area contributed by atoms with Gasteiger partial charge >= 0.3 is 0 Å². The summed E-state index contributed by atoms with van der Waals surface area (Å²) in [5.74, 6) is -0.459. The standard InChI is InChI=1S/C19H21F2N3O/c20-15-4-6-18(7-5-15)23-10-12-24(13-11-23)19(25)8-9-22-17-3-1-2-16(21)14-17/h1-7,14,22H,8-13H2. The number of piperazine rings is 1. The largest absolute Gasteiger partial charge is 0.384 e. The van der Waals surface area contributed by atoms with E-state index in [1.54, 1.807) is 24.3 Å². The summed E-state index contributed by atoms with van der Waals surface area (Å²) in [6.07, 6.45) is 0.368. The number of benzene rings is 2. The molecule has 0 spiro atoms. The molecular formula is C19H21F2N3O. The van der Waals surface area contributed by atoms with Crippen molar-refractivity contribution in [3.05, 3.63) is 60.2 Å². The third-order valence-electron chi connectivity index (χ3n) is 4.32. The maximum absolute atomic E-state index is 13.1. The molecule has 2 aromatic rings. The quantitative estimate of drug-likeness (QED) is 0.904. The molecule has 1 aliphatic heterocycles. The Morgan fingerprint density at radius 1 is 0.960 bits per heavy atom. The molecule has 0 radical (unpaired) electrons. The molecule has 0 aliphatic carbocycles. The van der Waals surface area contributed by atoms with Gasteiger partial charge in [0.25, 0.3) is 0 Å². The van der Waals surface area contributed by atoms with Crippen molar-refractivity contribution in [3.63, 3.8) is 0 Å². The lowest BCUT2D eigenvalue weighted by atomic mass is 10.2. The minimum Gasteiger partial charge on any atom is -0.384 e. The highest BCUT2D eigenvalue weighted by Gasteiger charge is 2.20. The van der Waals surface area contributed by atoms with Crippen molar-refractivity contribution in [3.8, 4) is 0 Å². The summed E-state index contributed by atoms with van der Waals surface area (Å²) in [4.78, 5) is 16.3. The summed E-state index contributed by atoms with van der Waals surface area (Å²) in [5, 5.41) is 3.06. The molecular weight excluding hydrogens is 324 g/mol. The van der Waals surface area contributed by atoms with Gasteiger partial charge in [-0.1, -0.05) is 6.07 Å². The summed E-state index contributed by atoms with van der Waals surface area (Å²) in [6, 6.07) is 12.6. The number of carbonyl (C=O) groups is 1. The van der Waals surface area contributed by atoms with Crippen LogP contribution in [0.3, 0.4) is 0 Å². The Hall–Kier alpha value is -2.63. The molecule has 0 atom stereocenters. The number of carbonyl (C=O) groups excluding carboxylic acids is 1. The fourth-order valence-corrected chi connectivity index (χ4v) is 2.94. The Morgan fingerprint density at radius 3 is 2.36 bits per heavy atom. The van der Waals surface area contributed by atoms with E-state index in [0.717, 1.165) is 18.8 Å². The van der Waals surface area contributed by atoms with E-state index in [1.807, 2.05) is 4.90 Å². The Labute approximate surface area is 146 Å². The Morgan fingerprint density at radius 2 is 1.68 bits per heavy atom. The van der Waals surface area contributed by atoms with Crippen molar-refractivity contribution in [2.75, 3.05) is 42.9 Å². The second-order valence-electron chi connectivity index (χ2n) is 6.03. The van der Waals surface area contributed by atoms with Crippen molar-refractivity contribution in [2.45, 2.75) is 6.42 Å². The Kier molecular flexibility index (Phi) is 5.48. The van der Waals surface area contributed by atoms with Gasteiger partial charge in [0.15, 0.2) is 0 Å². The molecule has 6 heteroatoms. The van der Waals surface area contributed by atoms with E-state index >= 15 is 0 Å². The third kappa shape index (κ3) is 4.68. The molecule has 1 N–H and O–H groups in total. The molecule has 2 aromatic carbocycles. The van der Waals surface area contributed by atoms with E-state index in [4.69, 9.17) is 0 Å². The van der Waals surface area contributed by atoms with E-state index in [-0.39, 0.29) is 17.5 Å². The normalized spacial score (nSPS) is 14.5. The van der Waals surface area contributed by atoms with Gasteiger partial charge in [0, 0.05) is 50.5 Å². The van der Waals surface area contributed by atoms with Crippen LogP contribution in [0.5, 0.6) is 0 Å². The highest BCUT2D eigenvalue weighted by molar-refractivity contribution is 5.77. The monoisotopic (exact) mass is 345 g/mol. The van der Waals surface area contributed by atoms with Crippen LogP contribution in [0.15, 0.2) is 48.5 Å². The molecule has 132 valence electrons. The van der Waals surface area contributed by atoms with Crippen molar-refractivity contribution in [1.29, 1.82) is 0 Å². The molecule has 4 nitrogen and oxygen atoms in total. The van der Waals surface area contributed by atoms with Crippen LogP contribution in [0.1, 0.15) is 6.42 Å². The van der Waals surface area contributed by atoms with Crippen LogP contribution in [-0.2, 0) is 4.79 Å². The lowest BCUT2D eigenvalue weighted by Crippen LogP contribution is -2.49. The maximum Gasteiger partial charge on any atom is 0.224 e. The fourth-order valence-electron chi connectivity index (χ4n) is 2.94. The van der Waals surface area contributed by atoms with E-state index in [2.05, 4.69) is 10.2 Å². The predicted molar refractivity (Wildman–Crippen MR) is 94.7 cm³/mol. The molecule has 1 fully saturated rings. The van der Waals surface area contributed by atoms with Crippen LogP contribution < -0.4 is 10.2 Å². The van der Waals surface area contributed by atoms with E-state index < -0.39 is 0 Å². The topological polar surface area (TPSA) is 35.6 Å². The van der Waals surface area contributed by atoms with Crippen LogP contribution >= 0.6 is 0 Å². The van der Waals surface area contributed by atoms with E-state index in [9.17, 15) is 13.6 Å². The minimum absolute atomic E-state index is 0.0858. The fraction of sp³-hybridized carbons (Fsp3) is 0.316. The second-order valence-corrected chi connectivity index (χ2v) is 6.03. The van der Waals surface area contributed by atoms with Crippen molar-refractivity contribution in [2.24, 2.45) is 0 Å². The molecule has 1 amide bonds. The zero-order chi connectivity index (χ0) is 17.6. The van der Waals surface area contributed by atoms with Crippen molar-refractivity contribution < 1.29 is 13.6 Å². The molecule has 1 heterocycles. The first-order chi connectivity index (χ1) is 12.1. The van der Waals surface area contributed by atoms with Crippen LogP contribution in [0.25, 0.3) is 0 Å². The van der Waals surface area contributed by atoms with E-state index in [0.29, 0.717) is 31.7 Å². The number of nitrogens with zero attached hydrogens (tertiary/aromatic N) is 2. The first-order valence-electron chi connectivity index (χ1n) is 8.39. The van der Waals surface area contributed by atoms with Gasteiger partial charge in [0.2, 0.25) is 5.91 Å². The number of hydrogen-bond acceptors (Lipinski definition) is 3. The van der Waals surface area contributed by atoms with Crippen LogP contribution in [0, 0.1) is 11.6 Å². The molecule has 1 aliphatic rings. The van der Waals surface area contributed by atoms with Gasteiger partial charge in [0.05, 0.1) is 0 Å². The summed E-state index contributed by atoms with van der Waals surface area (Å²) >= 11 is 0. The van der Waals surface area contributed by atoms with Crippen LogP contribution in [0.4, 0.5) is 20.2 Å². The van der Waals surface area contributed by atoms with Gasteiger partial charge in [0.1, 0.15) is 11.6 Å². The van der Waals surface area contributed by atoms with Gasteiger partial charge in [-0.2, -0.15) is 0 Å². The summed E-state index contributed by atoms with van der Waals surface area (Å²) < 4.78 is 26.1. The molecule has 0 aromatic heterocycles. The average Bonchev–Trinajstić information content (AvgIpc) is 2.62. The number of halogens is 2. The Bertz CT molecular complexity index is 713. The summed E-state index contributed by atoms with van der Waals surface area (Å²) in [7, 11) is 0. The summed E-state index contributed by atoms with van der Waals surface area (Å²) in [6.45, 7) is 3.23. The van der Waals surface area contributed by atoms with Gasteiger partial charge in [-0.15, -0.1) is 0 Å². The van der Waals surface area contributed by atoms with Gasteiger partial charge in [-0.25, -0.2) is 8.78 Å². The van der Waals surface area contributed by atoms with E-state index in [1.165, 1.54) is 24.3 Å². The highest BCUT2D eigenvalue weighted by Crippen LogP contribution is 2.17. The lowest BCUT2D eigenvalue weighted by Gasteiger charge is -2.36. The number of nitrogens with one attached hydrogen (secondary N) is 1. The minimum atomic E-state index is -0.298. The number of amides is 1. The number of rotatable bonds is 5. The molecule has 0 unspecified atom stereocenters. The molecule has 0 bridgehead atoms. The van der Waals surface area contributed by atoms with Crippen molar-refractivity contribution in [1.82, 2.24) is 4.90 Å². The zero-order valence-electron chi connectivity index (χ0n) is 13.9. The number of hydrogen-bond donors (Lipinski definition) is 1. The van der Waals surface area contributed by atoms with Gasteiger partial charge in [-0.05, 0) is 42.5 Å². The van der Waals surface area contributed by atoms with Gasteiger partial charge < -0.3 is 15.1 Å². The number of anilines is 2. The maximum atomic E-state index is 13.1. The predicted octanol–water partition coefficient (Wildman–Crippen LogP) is 3.12. The third-order valence-corrected chi connectivity index (χ3v) is 4.32. The zero-order valence-corrected chi connectivity index (χ0v) is 13.9. The van der Waals surface area contributed by atoms with Crippen molar-refractivity contribution >= 4 is 17.3 Å². The van der Waals surface area contributed by atoms with Crippen LogP contribution in [0.2, 0.25) is 0 Å². The SMILES string of the molecule is O=C(CCNc1cccc(F)c1)N1CCN(c2ccc(F)cc2)CC1. The molecule has 1 saturated heterocycles. The van der Waals surface area contributed by atoms with Crippen LogP contribution in [-0.4, -0.2) is 43.5 Å². The Balaban J connectivity index is 1.43. The smallest absolute Gasteiger partial charge is 0.224 e. The lowest BCUT2D eigenvalue weighted by molar-refractivity contribution is -0.131. The first-order valence-corrected chi connectivity index (χ1v) is 8.39. The molecule has 0 saturated carbocycles. The first kappa shape index (κ1) is 17.2. The highest BCUT2D eigenvalue weighted by atomic mass is 19.1.